The van der Waals surface area contributed by atoms with Crippen molar-refractivity contribution < 1.29 is 24.1 Å². The van der Waals surface area contributed by atoms with E-state index in [0.29, 0.717) is 49.5 Å². The van der Waals surface area contributed by atoms with Crippen LogP contribution in [0.4, 0.5) is 5.69 Å². The molecular formula is C24H36ClN3O5. The van der Waals surface area contributed by atoms with Gasteiger partial charge in [-0.2, -0.15) is 0 Å². The van der Waals surface area contributed by atoms with E-state index in [4.69, 9.17) is 31.5 Å². The van der Waals surface area contributed by atoms with Crippen LogP contribution in [0.25, 0.3) is 0 Å². The fraction of sp³-hybridized carbons (Fsp3) is 0.708. The predicted molar refractivity (Wildman–Crippen MR) is 127 cm³/mol. The second-order valence-electron chi connectivity index (χ2n) is 9.29. The molecule has 4 rings (SSSR count). The second-order valence-corrected chi connectivity index (χ2v) is 9.67. The summed E-state index contributed by atoms with van der Waals surface area (Å²) >= 11 is 6.20. The molecule has 1 amide bonds. The Morgan fingerprint density at radius 2 is 1.97 bits per heavy atom. The van der Waals surface area contributed by atoms with Gasteiger partial charge >= 0.3 is 0 Å². The number of likely N-dealkylation sites (tertiary alicyclic amines) is 1. The summed E-state index contributed by atoms with van der Waals surface area (Å²) in [6.07, 6.45) is 8.07. The highest BCUT2D eigenvalue weighted by Crippen LogP contribution is 2.43. The number of fused-ring (bicyclic) bond motifs is 1. The molecule has 1 aliphatic carbocycles. The van der Waals surface area contributed by atoms with Crippen LogP contribution in [0.5, 0.6) is 11.5 Å². The Labute approximate surface area is 200 Å². The smallest absolute Gasteiger partial charge is 0.255 e. The number of aliphatic hydroxyl groups excluding tert-OH is 1. The molecule has 1 saturated carbocycles. The van der Waals surface area contributed by atoms with Crippen molar-refractivity contribution in [2.45, 2.75) is 57.2 Å². The number of amides is 1. The lowest BCUT2D eigenvalue weighted by atomic mass is 9.93. The van der Waals surface area contributed by atoms with Crippen molar-refractivity contribution in [1.82, 2.24) is 10.2 Å². The van der Waals surface area contributed by atoms with Crippen molar-refractivity contribution in [3.63, 3.8) is 0 Å². The number of rotatable bonds is 8. The summed E-state index contributed by atoms with van der Waals surface area (Å²) in [5, 5.41) is 13.8. The van der Waals surface area contributed by atoms with Crippen LogP contribution >= 0.6 is 11.6 Å². The number of carbonyl (C=O) groups excluding carboxylic acids is 1. The van der Waals surface area contributed by atoms with Gasteiger partial charge in [0.05, 0.1) is 23.5 Å². The molecule has 1 aromatic carbocycles. The maximum atomic E-state index is 12.8. The number of ether oxygens (including phenoxy) is 3. The monoisotopic (exact) mass is 481 g/mol. The molecule has 0 spiro atoms. The molecule has 1 aromatic rings. The van der Waals surface area contributed by atoms with Gasteiger partial charge in [-0.3, -0.25) is 4.79 Å². The summed E-state index contributed by atoms with van der Waals surface area (Å²) < 4.78 is 17.2. The third kappa shape index (κ3) is 6.23. The Bertz CT molecular complexity index is 818. The van der Waals surface area contributed by atoms with Crippen LogP contribution in [0.2, 0.25) is 5.02 Å². The quantitative estimate of drug-likeness (QED) is 0.387. The van der Waals surface area contributed by atoms with E-state index in [1.54, 1.807) is 0 Å². The number of hydrogen-bond acceptors (Lipinski definition) is 7. The number of nitrogens with zero attached hydrogens (tertiary/aromatic N) is 1. The summed E-state index contributed by atoms with van der Waals surface area (Å²) in [5.74, 6) is 0.327. The van der Waals surface area contributed by atoms with E-state index < -0.39 is 6.10 Å². The zero-order valence-corrected chi connectivity index (χ0v) is 19.9. The summed E-state index contributed by atoms with van der Waals surface area (Å²) in [4.78, 5) is 15.1. The van der Waals surface area contributed by atoms with Crippen molar-refractivity contribution in [2.75, 3.05) is 51.7 Å². The van der Waals surface area contributed by atoms with E-state index in [2.05, 4.69) is 10.2 Å². The molecule has 0 unspecified atom stereocenters. The van der Waals surface area contributed by atoms with Crippen LogP contribution in [0.3, 0.4) is 0 Å². The molecule has 2 atom stereocenters. The molecule has 9 heteroatoms. The SMILES string of the molecule is Nc1cc(C(=O)NC[C@@H]2CCN(CCCOC3CCCCC3)C[C@H]2O)c2c(c1Cl)OCCO2. The van der Waals surface area contributed by atoms with Crippen molar-refractivity contribution in [2.24, 2.45) is 5.92 Å². The van der Waals surface area contributed by atoms with Gasteiger partial charge in [0.25, 0.3) is 5.91 Å². The molecule has 2 heterocycles. The number of nitrogens with one attached hydrogen (secondary N) is 1. The number of nitrogens with two attached hydrogens (primary N) is 1. The van der Waals surface area contributed by atoms with Gasteiger partial charge in [0.15, 0.2) is 11.5 Å². The van der Waals surface area contributed by atoms with E-state index in [-0.39, 0.29) is 22.5 Å². The first-order valence-corrected chi connectivity index (χ1v) is 12.6. The number of nitrogen functional groups attached to an aromatic ring is 1. The van der Waals surface area contributed by atoms with E-state index in [1.165, 1.54) is 38.2 Å². The summed E-state index contributed by atoms with van der Waals surface area (Å²) in [6.45, 7) is 4.32. The molecule has 2 fully saturated rings. The normalized spacial score (nSPS) is 23.9. The van der Waals surface area contributed by atoms with E-state index in [9.17, 15) is 9.90 Å². The predicted octanol–water partition coefficient (Wildman–Crippen LogP) is 2.85. The highest BCUT2D eigenvalue weighted by atomic mass is 35.5. The van der Waals surface area contributed by atoms with Crippen molar-refractivity contribution in [3.8, 4) is 11.5 Å². The highest BCUT2D eigenvalue weighted by molar-refractivity contribution is 6.35. The summed E-state index contributed by atoms with van der Waals surface area (Å²) in [5.41, 5.74) is 6.52. The number of anilines is 1. The molecule has 0 bridgehead atoms. The van der Waals surface area contributed by atoms with Gasteiger partial charge in [0, 0.05) is 32.2 Å². The van der Waals surface area contributed by atoms with E-state index in [1.807, 2.05) is 0 Å². The van der Waals surface area contributed by atoms with Gasteiger partial charge in [-0.25, -0.2) is 0 Å². The van der Waals surface area contributed by atoms with Gasteiger partial charge in [-0.15, -0.1) is 0 Å². The Morgan fingerprint density at radius 1 is 1.21 bits per heavy atom. The molecule has 184 valence electrons. The number of hydrogen-bond donors (Lipinski definition) is 3. The van der Waals surface area contributed by atoms with Crippen LogP contribution in [-0.4, -0.2) is 74.1 Å². The minimum Gasteiger partial charge on any atom is -0.485 e. The number of aliphatic hydroxyl groups is 1. The Hall–Kier alpha value is -1.74. The van der Waals surface area contributed by atoms with Gasteiger partial charge < -0.3 is 35.3 Å². The summed E-state index contributed by atoms with van der Waals surface area (Å²) in [6, 6.07) is 1.51. The molecule has 0 aromatic heterocycles. The van der Waals surface area contributed by atoms with E-state index in [0.717, 1.165) is 32.5 Å². The van der Waals surface area contributed by atoms with Crippen LogP contribution in [0, 0.1) is 5.92 Å². The van der Waals surface area contributed by atoms with Gasteiger partial charge in [0.1, 0.15) is 18.2 Å². The zero-order chi connectivity index (χ0) is 23.2. The van der Waals surface area contributed by atoms with Crippen molar-refractivity contribution in [3.05, 3.63) is 16.7 Å². The summed E-state index contributed by atoms with van der Waals surface area (Å²) in [7, 11) is 0. The first-order chi connectivity index (χ1) is 16.0. The molecule has 33 heavy (non-hydrogen) atoms. The molecule has 4 N–H and O–H groups in total. The lowest BCUT2D eigenvalue weighted by Gasteiger charge is -2.36. The number of piperidine rings is 1. The first-order valence-electron chi connectivity index (χ1n) is 12.2. The fourth-order valence-corrected chi connectivity index (χ4v) is 5.14. The minimum absolute atomic E-state index is 0.00123. The van der Waals surface area contributed by atoms with Crippen molar-refractivity contribution >= 4 is 23.2 Å². The van der Waals surface area contributed by atoms with Crippen LogP contribution in [0.15, 0.2) is 6.07 Å². The lowest BCUT2D eigenvalue weighted by molar-refractivity contribution is 0.00425. The number of benzene rings is 1. The number of β-amino-alcohol motifs (C(OH)–C–C–N with tert-alkyl or cyclic N) is 1. The van der Waals surface area contributed by atoms with Gasteiger partial charge in [-0.1, -0.05) is 30.9 Å². The zero-order valence-electron chi connectivity index (χ0n) is 19.2. The highest BCUT2D eigenvalue weighted by Gasteiger charge is 2.30. The third-order valence-electron chi connectivity index (χ3n) is 6.88. The second kappa shape index (κ2) is 11.6. The molecule has 3 aliphatic rings. The van der Waals surface area contributed by atoms with Crippen LogP contribution in [-0.2, 0) is 4.74 Å². The average molecular weight is 482 g/mol. The Balaban J connectivity index is 1.21. The number of carbonyl (C=O) groups is 1. The largest absolute Gasteiger partial charge is 0.485 e. The first kappa shape index (κ1) is 24.4. The van der Waals surface area contributed by atoms with E-state index >= 15 is 0 Å². The average Bonchev–Trinajstić information content (AvgIpc) is 2.84. The minimum atomic E-state index is -0.484. The molecule has 2 aliphatic heterocycles. The van der Waals surface area contributed by atoms with Crippen LogP contribution in [0.1, 0.15) is 55.3 Å². The fourth-order valence-electron chi connectivity index (χ4n) is 4.94. The molecule has 0 radical (unpaired) electrons. The standard InChI is InChI=1S/C24H36ClN3O5/c25-21-19(26)13-18(22-23(21)33-12-11-32-22)24(30)27-14-16-7-9-28(15-20(16)29)8-4-10-31-17-5-2-1-3-6-17/h13,16-17,20,29H,1-12,14-15,26H2,(H,27,30)/t16-,20+/m0/s1. The number of halogens is 1. The third-order valence-corrected chi connectivity index (χ3v) is 7.27. The maximum absolute atomic E-state index is 12.8. The Kier molecular flexibility index (Phi) is 8.57. The van der Waals surface area contributed by atoms with Gasteiger partial charge in [0.2, 0.25) is 0 Å². The van der Waals surface area contributed by atoms with Gasteiger partial charge in [-0.05, 0) is 38.3 Å². The Morgan fingerprint density at radius 3 is 2.73 bits per heavy atom. The topological polar surface area (TPSA) is 106 Å². The lowest BCUT2D eigenvalue weighted by Crippen LogP contribution is -2.48. The molecular weight excluding hydrogens is 446 g/mol. The van der Waals surface area contributed by atoms with Crippen molar-refractivity contribution in [1.29, 1.82) is 0 Å². The maximum Gasteiger partial charge on any atom is 0.255 e. The molecule has 1 saturated heterocycles. The molecule has 8 nitrogen and oxygen atoms in total. The van der Waals surface area contributed by atoms with Crippen LogP contribution < -0.4 is 20.5 Å².